The van der Waals surface area contributed by atoms with Gasteiger partial charge in [0.25, 0.3) is 0 Å². The summed E-state index contributed by atoms with van der Waals surface area (Å²) in [6, 6.07) is 72.9. The van der Waals surface area contributed by atoms with Crippen molar-refractivity contribution in [2.75, 3.05) is 0 Å². The summed E-state index contributed by atoms with van der Waals surface area (Å²) in [7, 11) is 0. The molecule has 12 aromatic rings. The Kier molecular flexibility index (Phi) is 7.04. The van der Waals surface area contributed by atoms with Crippen LogP contribution in [-0.4, -0.2) is 0 Å². The lowest BCUT2D eigenvalue weighted by atomic mass is 9.81. The molecular formula is C59H38S. The quantitative estimate of drug-likeness (QED) is 0.157. The first-order chi connectivity index (χ1) is 29.5. The molecule has 280 valence electrons. The van der Waals surface area contributed by atoms with Gasteiger partial charge in [-0.2, -0.15) is 0 Å². The van der Waals surface area contributed by atoms with Gasteiger partial charge in [0.2, 0.25) is 0 Å². The zero-order valence-electron chi connectivity index (χ0n) is 33.4. The van der Waals surface area contributed by atoms with E-state index < -0.39 is 0 Å². The number of hydrogen-bond acceptors (Lipinski definition) is 1. The zero-order valence-corrected chi connectivity index (χ0v) is 34.2. The molecule has 0 atom stereocenters. The van der Waals surface area contributed by atoms with Crippen LogP contribution in [0, 0.1) is 0 Å². The summed E-state index contributed by atoms with van der Waals surface area (Å²) in [5.74, 6) is 0. The molecule has 0 amide bonds. The molecule has 11 aromatic carbocycles. The van der Waals surface area contributed by atoms with Gasteiger partial charge in [-0.15, -0.1) is 11.3 Å². The Bertz CT molecular complexity index is 3740. The maximum atomic E-state index is 2.53. The third kappa shape index (κ3) is 4.67. The van der Waals surface area contributed by atoms with Gasteiger partial charge in [-0.05, 0) is 128 Å². The van der Waals surface area contributed by atoms with E-state index in [9.17, 15) is 0 Å². The average Bonchev–Trinajstić information content (AvgIpc) is 3.80. The van der Waals surface area contributed by atoms with Crippen molar-refractivity contribution in [3.63, 3.8) is 0 Å². The van der Waals surface area contributed by atoms with Crippen molar-refractivity contribution < 1.29 is 0 Å². The van der Waals surface area contributed by atoms with E-state index in [0.717, 1.165) is 0 Å². The Balaban J connectivity index is 1.02. The number of hydrogen-bond donors (Lipinski definition) is 0. The molecule has 1 heterocycles. The highest BCUT2D eigenvalue weighted by Crippen LogP contribution is 2.57. The molecule has 0 N–H and O–H groups in total. The largest absolute Gasteiger partial charge is 0.134 e. The molecule has 0 spiro atoms. The maximum absolute atomic E-state index is 2.53. The minimum atomic E-state index is -0.111. The molecule has 0 bridgehead atoms. The first-order valence-corrected chi connectivity index (χ1v) is 21.8. The summed E-state index contributed by atoms with van der Waals surface area (Å²) in [5, 5.41) is 15.5. The van der Waals surface area contributed by atoms with E-state index in [4.69, 9.17) is 0 Å². The van der Waals surface area contributed by atoms with Crippen LogP contribution in [0.3, 0.4) is 0 Å². The van der Waals surface area contributed by atoms with E-state index in [-0.39, 0.29) is 5.41 Å². The average molecular weight is 779 g/mol. The lowest BCUT2D eigenvalue weighted by Gasteiger charge is -2.22. The third-order valence-electron chi connectivity index (χ3n) is 13.6. The van der Waals surface area contributed by atoms with Crippen LogP contribution in [0.1, 0.15) is 25.0 Å². The van der Waals surface area contributed by atoms with Gasteiger partial charge < -0.3 is 0 Å². The minimum absolute atomic E-state index is 0.111. The van der Waals surface area contributed by atoms with Gasteiger partial charge in [0, 0.05) is 25.6 Å². The summed E-state index contributed by atoms with van der Waals surface area (Å²) in [6.07, 6.45) is 0. The van der Waals surface area contributed by atoms with Crippen LogP contribution in [0.25, 0.3) is 119 Å². The molecule has 0 unspecified atom stereocenters. The summed E-state index contributed by atoms with van der Waals surface area (Å²) in [5.41, 5.74) is 13.2. The summed E-state index contributed by atoms with van der Waals surface area (Å²) >= 11 is 1.96. The molecule has 13 rings (SSSR count). The predicted octanol–water partition coefficient (Wildman–Crippen LogP) is 17.1. The fraction of sp³-hybridized carbons (Fsp3) is 0.0508. The van der Waals surface area contributed by atoms with Gasteiger partial charge in [-0.3, -0.25) is 0 Å². The van der Waals surface area contributed by atoms with E-state index in [2.05, 4.69) is 208 Å². The van der Waals surface area contributed by atoms with Gasteiger partial charge in [-0.1, -0.05) is 190 Å². The normalized spacial score (nSPS) is 13.3. The number of benzene rings is 11. The summed E-state index contributed by atoms with van der Waals surface area (Å²) in [6.45, 7) is 4.81. The Morgan fingerprint density at radius 2 is 0.850 bits per heavy atom. The summed E-state index contributed by atoms with van der Waals surface area (Å²) in [4.78, 5) is 0. The van der Waals surface area contributed by atoms with Crippen LogP contribution < -0.4 is 0 Å². The zero-order chi connectivity index (χ0) is 39.7. The smallest absolute Gasteiger partial charge is 0.0440 e. The molecule has 1 aliphatic carbocycles. The van der Waals surface area contributed by atoms with Crippen molar-refractivity contribution in [3.8, 4) is 44.5 Å². The van der Waals surface area contributed by atoms with Crippen molar-refractivity contribution in [2.24, 2.45) is 0 Å². The first kappa shape index (κ1) is 33.9. The topological polar surface area (TPSA) is 0 Å². The molecule has 0 saturated heterocycles. The second kappa shape index (κ2) is 12.5. The molecular weight excluding hydrogens is 741 g/mol. The van der Waals surface area contributed by atoms with Crippen molar-refractivity contribution in [3.05, 3.63) is 205 Å². The predicted molar refractivity (Wildman–Crippen MR) is 261 cm³/mol. The van der Waals surface area contributed by atoms with Gasteiger partial charge in [-0.25, -0.2) is 0 Å². The van der Waals surface area contributed by atoms with Gasteiger partial charge in [0.1, 0.15) is 0 Å². The van der Waals surface area contributed by atoms with Crippen LogP contribution >= 0.6 is 11.3 Å². The highest BCUT2D eigenvalue weighted by atomic mass is 32.1. The number of fused-ring (bicyclic) bond motifs is 13. The number of thiophene rings is 1. The van der Waals surface area contributed by atoms with Crippen molar-refractivity contribution in [1.82, 2.24) is 0 Å². The minimum Gasteiger partial charge on any atom is -0.134 e. The Morgan fingerprint density at radius 3 is 1.58 bits per heavy atom. The second-order valence-electron chi connectivity index (χ2n) is 17.1. The lowest BCUT2D eigenvalue weighted by molar-refractivity contribution is 0.661. The van der Waals surface area contributed by atoms with Crippen molar-refractivity contribution in [1.29, 1.82) is 0 Å². The van der Waals surface area contributed by atoms with Crippen molar-refractivity contribution >= 4 is 85.4 Å². The van der Waals surface area contributed by atoms with E-state index in [1.54, 1.807) is 0 Å². The molecule has 60 heavy (non-hydrogen) atoms. The molecule has 0 radical (unpaired) electrons. The van der Waals surface area contributed by atoms with E-state index in [0.29, 0.717) is 0 Å². The summed E-state index contributed by atoms with van der Waals surface area (Å²) < 4.78 is 2.74. The Labute approximate surface area is 352 Å². The number of rotatable bonds is 3. The first-order valence-electron chi connectivity index (χ1n) is 21.0. The maximum Gasteiger partial charge on any atom is 0.0440 e. The van der Waals surface area contributed by atoms with Crippen LogP contribution in [0.5, 0.6) is 0 Å². The second-order valence-corrected chi connectivity index (χ2v) is 18.2. The molecule has 1 aliphatic rings. The highest BCUT2D eigenvalue weighted by molar-refractivity contribution is 7.27. The van der Waals surface area contributed by atoms with E-state index in [1.807, 2.05) is 11.3 Å². The SMILES string of the molecule is CC1(C)c2ccccc2-c2c1cc(-c1ccc3cc(-c4c5ccccc5c(-c5cccc6ccccc56)c5ccccc45)ccc3c1)c1sc3c4ccccc4ccc3c21. The van der Waals surface area contributed by atoms with Crippen LogP contribution in [-0.2, 0) is 5.41 Å². The standard InChI is InChI=1S/C59H38S/c1-59(2)51-25-12-11-23-48(51)55-52(59)34-50(58-56(55)49-31-30-36-15-4-6-18-42(36)57(49)60-58)39-28-26-38-33-40(29-27-37(38)32-39)53-44-19-7-9-21-46(44)54(47-22-10-8-20-45(47)53)43-24-13-16-35-14-3-5-17-41(35)43/h3-34H,1-2H3. The van der Waals surface area contributed by atoms with Gasteiger partial charge in [0.15, 0.2) is 0 Å². The lowest BCUT2D eigenvalue weighted by Crippen LogP contribution is -2.15. The monoisotopic (exact) mass is 778 g/mol. The van der Waals surface area contributed by atoms with Crippen molar-refractivity contribution in [2.45, 2.75) is 19.3 Å². The molecule has 0 aliphatic heterocycles. The molecule has 1 heteroatoms. The van der Waals surface area contributed by atoms with Gasteiger partial charge >= 0.3 is 0 Å². The highest BCUT2D eigenvalue weighted by Gasteiger charge is 2.38. The molecule has 1 aromatic heterocycles. The Morgan fingerprint density at radius 1 is 0.317 bits per heavy atom. The third-order valence-corrected chi connectivity index (χ3v) is 14.9. The van der Waals surface area contributed by atoms with Gasteiger partial charge in [0.05, 0.1) is 0 Å². The molecule has 0 saturated carbocycles. The molecule has 0 fully saturated rings. The van der Waals surface area contributed by atoms with Crippen LogP contribution in [0.2, 0.25) is 0 Å². The Hall–Kier alpha value is -7.06. The molecule has 0 nitrogen and oxygen atoms in total. The van der Waals surface area contributed by atoms with E-state index >= 15 is 0 Å². The van der Waals surface area contributed by atoms with Crippen LogP contribution in [0.15, 0.2) is 194 Å². The fourth-order valence-corrected chi connectivity index (χ4v) is 12.2. The fourth-order valence-electron chi connectivity index (χ4n) is 10.8. The van der Waals surface area contributed by atoms with Crippen LogP contribution in [0.4, 0.5) is 0 Å². The van der Waals surface area contributed by atoms with E-state index in [1.165, 1.54) is 130 Å².